The van der Waals surface area contributed by atoms with Gasteiger partial charge in [-0.25, -0.2) is 19.9 Å². The molecular weight excluding hydrogens is 312 g/mol. The molecule has 0 radical (unpaired) electrons. The number of aromatic nitrogens is 4. The summed E-state index contributed by atoms with van der Waals surface area (Å²) in [6, 6.07) is 4.06. The van der Waals surface area contributed by atoms with E-state index in [1.54, 1.807) is 0 Å². The molecule has 0 saturated carbocycles. The molecule has 0 amide bonds. The highest BCUT2D eigenvalue weighted by atomic mass is 15.3. The van der Waals surface area contributed by atoms with Crippen molar-refractivity contribution in [1.82, 2.24) is 19.9 Å². The van der Waals surface area contributed by atoms with Crippen LogP contribution in [0.4, 0.5) is 11.8 Å². The van der Waals surface area contributed by atoms with Crippen molar-refractivity contribution in [3.05, 3.63) is 35.5 Å². The molecule has 2 aromatic heterocycles. The fourth-order valence-electron chi connectivity index (χ4n) is 2.89. The lowest BCUT2D eigenvalue weighted by Crippen LogP contribution is -2.47. The summed E-state index contributed by atoms with van der Waals surface area (Å²) in [5.74, 6) is 2.79. The largest absolute Gasteiger partial charge is 0.353 e. The second kappa shape index (κ2) is 6.94. The van der Waals surface area contributed by atoms with Gasteiger partial charge in [-0.05, 0) is 19.4 Å². The molecule has 3 rings (SSSR count). The monoisotopic (exact) mass is 340 g/mol. The summed E-state index contributed by atoms with van der Waals surface area (Å²) in [6.45, 7) is 14.3. The van der Waals surface area contributed by atoms with E-state index < -0.39 is 0 Å². The number of aryl methyl sites for hydroxylation is 2. The van der Waals surface area contributed by atoms with E-state index in [0.717, 1.165) is 61.6 Å². The van der Waals surface area contributed by atoms with Gasteiger partial charge in [-0.1, -0.05) is 27.7 Å². The SMILES string of the molecule is CCc1cc(N2CCN(c3nccc(C)n3)CC2)nc(C(C)(C)C)n1. The zero-order valence-electron chi connectivity index (χ0n) is 16.0. The maximum atomic E-state index is 4.85. The topological polar surface area (TPSA) is 58.0 Å². The lowest BCUT2D eigenvalue weighted by Gasteiger charge is -2.36. The van der Waals surface area contributed by atoms with Gasteiger partial charge in [0.1, 0.15) is 11.6 Å². The normalized spacial score (nSPS) is 15.6. The molecule has 0 spiro atoms. The van der Waals surface area contributed by atoms with Crippen LogP contribution in [0.2, 0.25) is 0 Å². The number of hydrogen-bond acceptors (Lipinski definition) is 6. The Morgan fingerprint density at radius 2 is 1.68 bits per heavy atom. The van der Waals surface area contributed by atoms with Crippen LogP contribution in [0.25, 0.3) is 0 Å². The van der Waals surface area contributed by atoms with Crippen molar-refractivity contribution in [2.75, 3.05) is 36.0 Å². The molecule has 0 atom stereocenters. The summed E-state index contributed by atoms with van der Waals surface area (Å²) in [5.41, 5.74) is 2.07. The molecule has 0 bridgehead atoms. The van der Waals surface area contributed by atoms with Gasteiger partial charge in [-0.15, -0.1) is 0 Å². The average molecular weight is 340 g/mol. The molecule has 0 aliphatic carbocycles. The van der Waals surface area contributed by atoms with Gasteiger partial charge in [-0.3, -0.25) is 0 Å². The molecule has 3 heterocycles. The summed E-state index contributed by atoms with van der Waals surface area (Å²) in [6.07, 6.45) is 2.76. The lowest BCUT2D eigenvalue weighted by molar-refractivity contribution is 0.538. The Hall–Kier alpha value is -2.24. The third-order valence-electron chi connectivity index (χ3n) is 4.47. The molecule has 0 aromatic carbocycles. The van der Waals surface area contributed by atoms with Crippen molar-refractivity contribution in [1.29, 1.82) is 0 Å². The van der Waals surface area contributed by atoms with Gasteiger partial charge in [0, 0.05) is 55.2 Å². The Labute approximate surface area is 150 Å². The summed E-state index contributed by atoms with van der Waals surface area (Å²) in [7, 11) is 0. The zero-order chi connectivity index (χ0) is 18.0. The van der Waals surface area contributed by atoms with Crippen molar-refractivity contribution in [3.8, 4) is 0 Å². The first-order valence-corrected chi connectivity index (χ1v) is 9.05. The minimum Gasteiger partial charge on any atom is -0.353 e. The quantitative estimate of drug-likeness (QED) is 0.856. The first-order valence-electron chi connectivity index (χ1n) is 9.05. The summed E-state index contributed by atoms with van der Waals surface area (Å²) in [5, 5.41) is 0. The van der Waals surface area contributed by atoms with Gasteiger partial charge in [0.05, 0.1) is 0 Å². The van der Waals surface area contributed by atoms with Crippen molar-refractivity contribution in [2.24, 2.45) is 0 Å². The standard InChI is InChI=1S/C19H28N6/c1-6-15-13-16(23-17(22-15)19(3,4)5)24-9-11-25(12-10-24)18-20-8-7-14(2)21-18/h7-8,13H,6,9-12H2,1-5H3. The highest BCUT2D eigenvalue weighted by molar-refractivity contribution is 5.44. The van der Waals surface area contributed by atoms with E-state index in [1.165, 1.54) is 0 Å². The molecule has 1 saturated heterocycles. The first kappa shape index (κ1) is 17.6. The maximum Gasteiger partial charge on any atom is 0.225 e. The van der Waals surface area contributed by atoms with E-state index >= 15 is 0 Å². The lowest BCUT2D eigenvalue weighted by atomic mass is 9.95. The third-order valence-corrected chi connectivity index (χ3v) is 4.47. The number of rotatable bonds is 3. The van der Waals surface area contributed by atoms with Crippen LogP contribution in [0.3, 0.4) is 0 Å². The molecule has 1 fully saturated rings. The molecule has 134 valence electrons. The third kappa shape index (κ3) is 4.06. The smallest absolute Gasteiger partial charge is 0.225 e. The molecule has 6 nitrogen and oxygen atoms in total. The van der Waals surface area contributed by atoms with Gasteiger partial charge in [0.2, 0.25) is 5.95 Å². The molecule has 6 heteroatoms. The highest BCUT2D eigenvalue weighted by Gasteiger charge is 2.23. The number of nitrogens with zero attached hydrogens (tertiary/aromatic N) is 6. The van der Waals surface area contributed by atoms with Crippen LogP contribution in [0.15, 0.2) is 18.3 Å². The van der Waals surface area contributed by atoms with Crippen LogP contribution in [0, 0.1) is 6.92 Å². The van der Waals surface area contributed by atoms with Crippen LogP contribution in [0.1, 0.15) is 44.9 Å². The summed E-state index contributed by atoms with van der Waals surface area (Å²) < 4.78 is 0. The Balaban J connectivity index is 1.76. The van der Waals surface area contributed by atoms with Gasteiger partial charge in [-0.2, -0.15) is 0 Å². The average Bonchev–Trinajstić information content (AvgIpc) is 2.60. The highest BCUT2D eigenvalue weighted by Crippen LogP contribution is 2.23. The van der Waals surface area contributed by atoms with E-state index in [2.05, 4.69) is 53.5 Å². The second-order valence-electron chi connectivity index (χ2n) is 7.62. The predicted molar refractivity (Wildman–Crippen MR) is 101 cm³/mol. The molecule has 0 unspecified atom stereocenters. The van der Waals surface area contributed by atoms with E-state index in [-0.39, 0.29) is 5.41 Å². The molecule has 1 aliphatic rings. The maximum absolute atomic E-state index is 4.85. The van der Waals surface area contributed by atoms with Crippen LogP contribution in [0.5, 0.6) is 0 Å². The Kier molecular flexibility index (Phi) is 4.88. The fourth-order valence-corrected chi connectivity index (χ4v) is 2.89. The molecule has 2 aromatic rings. The Morgan fingerprint density at radius 3 is 2.28 bits per heavy atom. The van der Waals surface area contributed by atoms with Crippen LogP contribution in [-0.2, 0) is 11.8 Å². The summed E-state index contributed by atoms with van der Waals surface area (Å²) in [4.78, 5) is 23.1. The molecule has 1 aliphatic heterocycles. The van der Waals surface area contributed by atoms with Crippen LogP contribution in [-0.4, -0.2) is 46.1 Å². The van der Waals surface area contributed by atoms with Crippen molar-refractivity contribution < 1.29 is 0 Å². The van der Waals surface area contributed by atoms with Crippen molar-refractivity contribution in [3.63, 3.8) is 0 Å². The van der Waals surface area contributed by atoms with Crippen molar-refractivity contribution in [2.45, 2.75) is 46.5 Å². The fraction of sp³-hybridized carbons (Fsp3) is 0.579. The molecule has 0 N–H and O–H groups in total. The number of hydrogen-bond donors (Lipinski definition) is 0. The Bertz CT molecular complexity index is 729. The van der Waals surface area contributed by atoms with Crippen molar-refractivity contribution >= 4 is 11.8 Å². The minimum atomic E-state index is -0.0445. The van der Waals surface area contributed by atoms with Crippen LogP contribution >= 0.6 is 0 Å². The summed E-state index contributed by atoms with van der Waals surface area (Å²) >= 11 is 0. The number of anilines is 2. The van der Waals surface area contributed by atoms with E-state index in [0.29, 0.717) is 0 Å². The molecular formula is C19H28N6. The minimum absolute atomic E-state index is 0.0445. The van der Waals surface area contributed by atoms with E-state index in [1.807, 2.05) is 19.2 Å². The van der Waals surface area contributed by atoms with Crippen LogP contribution < -0.4 is 9.80 Å². The van der Waals surface area contributed by atoms with Gasteiger partial charge < -0.3 is 9.80 Å². The van der Waals surface area contributed by atoms with Gasteiger partial charge >= 0.3 is 0 Å². The van der Waals surface area contributed by atoms with Gasteiger partial charge in [0.25, 0.3) is 0 Å². The van der Waals surface area contributed by atoms with E-state index in [4.69, 9.17) is 9.97 Å². The first-order chi connectivity index (χ1) is 11.9. The Morgan fingerprint density at radius 1 is 1.00 bits per heavy atom. The van der Waals surface area contributed by atoms with E-state index in [9.17, 15) is 0 Å². The zero-order valence-corrected chi connectivity index (χ0v) is 16.0. The molecule has 25 heavy (non-hydrogen) atoms. The number of piperazine rings is 1. The van der Waals surface area contributed by atoms with Gasteiger partial charge in [0.15, 0.2) is 0 Å². The second-order valence-corrected chi connectivity index (χ2v) is 7.62. The predicted octanol–water partition coefficient (Wildman–Crippen LogP) is 2.76.